The highest BCUT2D eigenvalue weighted by molar-refractivity contribution is 7.99. The maximum absolute atomic E-state index is 11.1. The first-order chi connectivity index (χ1) is 8.49. The summed E-state index contributed by atoms with van der Waals surface area (Å²) in [5.74, 6) is 0.211. The van der Waals surface area contributed by atoms with Crippen LogP contribution in [0.5, 0.6) is 0 Å². The molecule has 0 aliphatic rings. The average molecular weight is 264 g/mol. The molecule has 2 rings (SSSR count). The molecule has 0 radical (unpaired) electrons. The lowest BCUT2D eigenvalue weighted by atomic mass is 10.0. The van der Waals surface area contributed by atoms with Crippen LogP contribution in [-0.2, 0) is 4.79 Å². The number of thioether (sulfide) groups is 1. The zero-order chi connectivity index (χ0) is 13.2. The number of nitrogens with zero attached hydrogens (tertiary/aromatic N) is 1. The minimum absolute atomic E-state index is 0.479. The van der Waals surface area contributed by atoms with Crippen LogP contribution in [0, 0.1) is 0 Å². The van der Waals surface area contributed by atoms with Crippen LogP contribution in [0.25, 0.3) is 11.0 Å². The van der Waals surface area contributed by atoms with Crippen molar-refractivity contribution in [1.29, 1.82) is 0 Å². The molecule has 1 aromatic heterocycles. The molecule has 5 N–H and O–H groups in total. The van der Waals surface area contributed by atoms with Crippen LogP contribution in [0.3, 0.4) is 0 Å². The second-order valence-electron chi connectivity index (χ2n) is 4.44. The van der Waals surface area contributed by atoms with Gasteiger partial charge in [0.25, 0.3) is 0 Å². The van der Waals surface area contributed by atoms with Crippen molar-refractivity contribution in [3.8, 4) is 0 Å². The third kappa shape index (κ3) is 2.83. The lowest BCUT2D eigenvalue weighted by Gasteiger charge is -2.19. The number of nitrogens with one attached hydrogen (secondary N) is 1. The van der Waals surface area contributed by atoms with E-state index in [0.717, 1.165) is 16.2 Å². The number of carbonyl (C=O) groups is 1. The molecule has 0 fully saturated rings. The van der Waals surface area contributed by atoms with Gasteiger partial charge in [-0.25, -0.2) is 4.98 Å². The number of H-pyrrole nitrogens is 1. The first-order valence-corrected chi connectivity index (χ1v) is 6.64. The van der Waals surface area contributed by atoms with Gasteiger partial charge in [-0.1, -0.05) is 23.9 Å². The Kier molecular flexibility index (Phi) is 3.58. The van der Waals surface area contributed by atoms with Gasteiger partial charge in [-0.2, -0.15) is 0 Å². The molecule has 6 heteroatoms. The second-order valence-corrected chi connectivity index (χ2v) is 5.52. The quantitative estimate of drug-likeness (QED) is 0.708. The number of primary amides is 1. The Bertz CT molecular complexity index is 531. The Morgan fingerprint density at radius 2 is 2.22 bits per heavy atom. The van der Waals surface area contributed by atoms with E-state index in [4.69, 9.17) is 11.5 Å². The highest BCUT2D eigenvalue weighted by Gasteiger charge is 2.25. The van der Waals surface area contributed by atoms with Crippen LogP contribution in [0.15, 0.2) is 29.4 Å². The number of amides is 1. The van der Waals surface area contributed by atoms with Crippen molar-refractivity contribution in [2.24, 2.45) is 11.5 Å². The molecule has 0 saturated heterocycles. The molecule has 1 unspecified atom stereocenters. The number of hydrogen-bond acceptors (Lipinski definition) is 4. The number of para-hydroxylation sites is 2. The van der Waals surface area contributed by atoms with Crippen molar-refractivity contribution in [3.05, 3.63) is 24.3 Å². The monoisotopic (exact) mass is 264 g/mol. The summed E-state index contributed by atoms with van der Waals surface area (Å²) in [5, 5.41) is 0.830. The van der Waals surface area contributed by atoms with Gasteiger partial charge in [0.15, 0.2) is 5.16 Å². The topological polar surface area (TPSA) is 97.8 Å². The lowest BCUT2D eigenvalue weighted by Crippen LogP contribution is -2.49. The van der Waals surface area contributed by atoms with Gasteiger partial charge < -0.3 is 16.5 Å². The molecule has 18 heavy (non-hydrogen) atoms. The maximum Gasteiger partial charge on any atom is 0.237 e. The summed E-state index contributed by atoms with van der Waals surface area (Å²) in [7, 11) is 0. The molecule has 1 atom stereocenters. The van der Waals surface area contributed by atoms with Crippen molar-refractivity contribution >= 4 is 28.7 Å². The van der Waals surface area contributed by atoms with Crippen LogP contribution in [0.4, 0.5) is 0 Å². The number of hydrogen-bond donors (Lipinski definition) is 3. The van der Waals surface area contributed by atoms with Crippen molar-refractivity contribution in [1.82, 2.24) is 9.97 Å². The number of rotatable bonds is 5. The van der Waals surface area contributed by atoms with Crippen LogP contribution >= 0.6 is 11.8 Å². The second kappa shape index (κ2) is 4.99. The normalized spacial score (nSPS) is 14.6. The van der Waals surface area contributed by atoms with E-state index in [-0.39, 0.29) is 0 Å². The minimum atomic E-state index is -0.959. The number of aromatic amines is 1. The van der Waals surface area contributed by atoms with Crippen LogP contribution in [0.2, 0.25) is 0 Å². The third-order valence-corrected chi connectivity index (χ3v) is 3.67. The van der Waals surface area contributed by atoms with Crippen LogP contribution in [0.1, 0.15) is 13.3 Å². The highest BCUT2D eigenvalue weighted by Crippen LogP contribution is 2.21. The van der Waals surface area contributed by atoms with Crippen molar-refractivity contribution in [2.75, 3.05) is 5.75 Å². The van der Waals surface area contributed by atoms with Crippen molar-refractivity contribution in [3.63, 3.8) is 0 Å². The van der Waals surface area contributed by atoms with Gasteiger partial charge in [-0.15, -0.1) is 0 Å². The summed E-state index contributed by atoms with van der Waals surface area (Å²) >= 11 is 1.54. The number of nitrogens with two attached hydrogens (primary N) is 2. The zero-order valence-electron chi connectivity index (χ0n) is 10.1. The summed E-state index contributed by atoms with van der Waals surface area (Å²) in [6, 6.07) is 7.83. The van der Waals surface area contributed by atoms with E-state index < -0.39 is 11.4 Å². The summed E-state index contributed by atoms with van der Waals surface area (Å²) in [5.41, 5.74) is 12.0. The van der Waals surface area contributed by atoms with Gasteiger partial charge in [0, 0.05) is 5.75 Å². The number of carbonyl (C=O) groups excluding carboxylic acids is 1. The summed E-state index contributed by atoms with van der Waals surface area (Å²) in [4.78, 5) is 18.7. The molecular formula is C12H16N4OS. The molecule has 0 bridgehead atoms. The average Bonchev–Trinajstić information content (AvgIpc) is 2.70. The van der Waals surface area contributed by atoms with E-state index >= 15 is 0 Å². The van der Waals surface area contributed by atoms with E-state index in [0.29, 0.717) is 12.2 Å². The summed E-state index contributed by atoms with van der Waals surface area (Å²) in [6.45, 7) is 1.65. The first kappa shape index (κ1) is 12.9. The summed E-state index contributed by atoms with van der Waals surface area (Å²) in [6.07, 6.45) is 0.518. The minimum Gasteiger partial charge on any atom is -0.368 e. The Morgan fingerprint density at radius 3 is 2.89 bits per heavy atom. The molecule has 0 aliphatic heterocycles. The number of fused-ring (bicyclic) bond motifs is 1. The molecule has 0 aliphatic carbocycles. The molecule has 0 spiro atoms. The van der Waals surface area contributed by atoms with Gasteiger partial charge in [0.05, 0.1) is 16.6 Å². The Balaban J connectivity index is 1.96. The molecule has 1 amide bonds. The van der Waals surface area contributed by atoms with Gasteiger partial charge in [-0.3, -0.25) is 4.79 Å². The van der Waals surface area contributed by atoms with Crippen molar-refractivity contribution < 1.29 is 4.79 Å². The number of imidazole rings is 1. The molecule has 2 aromatic rings. The van der Waals surface area contributed by atoms with E-state index in [1.54, 1.807) is 6.92 Å². The van der Waals surface area contributed by atoms with E-state index in [2.05, 4.69) is 9.97 Å². The van der Waals surface area contributed by atoms with Gasteiger partial charge in [0.2, 0.25) is 5.91 Å². The first-order valence-electron chi connectivity index (χ1n) is 5.65. The molecule has 0 saturated carbocycles. The van der Waals surface area contributed by atoms with Crippen LogP contribution < -0.4 is 11.5 Å². The maximum atomic E-state index is 11.1. The van der Waals surface area contributed by atoms with E-state index in [9.17, 15) is 4.79 Å². The fourth-order valence-electron chi connectivity index (χ4n) is 1.48. The van der Waals surface area contributed by atoms with Crippen molar-refractivity contribution in [2.45, 2.75) is 24.0 Å². The smallest absolute Gasteiger partial charge is 0.237 e. The van der Waals surface area contributed by atoms with E-state index in [1.165, 1.54) is 11.8 Å². The van der Waals surface area contributed by atoms with Gasteiger partial charge in [-0.05, 0) is 25.5 Å². The Labute approximate surface area is 109 Å². The Morgan fingerprint density at radius 1 is 1.50 bits per heavy atom. The summed E-state index contributed by atoms with van der Waals surface area (Å²) < 4.78 is 0. The van der Waals surface area contributed by atoms with Gasteiger partial charge in [0.1, 0.15) is 0 Å². The predicted octanol–water partition coefficient (Wildman–Crippen LogP) is 1.25. The number of benzene rings is 1. The SMILES string of the molecule is CC(N)(CCSc1nc2ccccc2[nH]1)C(N)=O. The Hall–Kier alpha value is -1.53. The van der Waals surface area contributed by atoms with Gasteiger partial charge >= 0.3 is 0 Å². The predicted molar refractivity (Wildman–Crippen MR) is 73.2 cm³/mol. The lowest BCUT2D eigenvalue weighted by molar-refractivity contribution is -0.122. The molecule has 1 aromatic carbocycles. The third-order valence-electron chi connectivity index (χ3n) is 2.79. The number of aromatic nitrogens is 2. The van der Waals surface area contributed by atoms with Crippen LogP contribution in [-0.4, -0.2) is 27.2 Å². The largest absolute Gasteiger partial charge is 0.368 e. The molecule has 5 nitrogen and oxygen atoms in total. The van der Waals surface area contributed by atoms with E-state index in [1.807, 2.05) is 24.3 Å². The fourth-order valence-corrected chi connectivity index (χ4v) is 2.55. The molecular weight excluding hydrogens is 248 g/mol. The highest BCUT2D eigenvalue weighted by atomic mass is 32.2. The molecule has 1 heterocycles. The molecule has 96 valence electrons. The zero-order valence-corrected chi connectivity index (χ0v) is 11.0. The standard InChI is InChI=1S/C12H16N4OS/c1-12(14,10(13)17)6-7-18-11-15-8-4-2-3-5-9(8)16-11/h2-5H,6-7,14H2,1H3,(H2,13,17)(H,15,16). The fraction of sp³-hybridized carbons (Fsp3) is 0.333.